The lowest BCUT2D eigenvalue weighted by Gasteiger charge is -2.21. The molecule has 3 aliphatic rings. The second-order valence-corrected chi connectivity index (χ2v) is 8.80. The van der Waals surface area contributed by atoms with Crippen LogP contribution in [-0.4, -0.2) is 0 Å². The molecule has 0 heterocycles. The van der Waals surface area contributed by atoms with Crippen molar-refractivity contribution in [3.05, 3.63) is 35.5 Å². The highest BCUT2D eigenvalue weighted by Gasteiger charge is 2.41. The minimum absolute atomic E-state index is 0.778. The van der Waals surface area contributed by atoms with Gasteiger partial charge in [-0.25, -0.2) is 0 Å². The minimum atomic E-state index is 0.778. The van der Waals surface area contributed by atoms with Crippen LogP contribution in [0.15, 0.2) is 35.5 Å². The Balaban J connectivity index is 1.53. The van der Waals surface area contributed by atoms with Gasteiger partial charge in [0.05, 0.1) is 0 Å². The third kappa shape index (κ3) is 4.85. The predicted molar refractivity (Wildman–Crippen MR) is 101 cm³/mol. The van der Waals surface area contributed by atoms with E-state index in [1.165, 1.54) is 51.4 Å². The summed E-state index contributed by atoms with van der Waals surface area (Å²) in [4.78, 5) is 0. The largest absolute Gasteiger partial charge is 0.0802 e. The van der Waals surface area contributed by atoms with Crippen molar-refractivity contribution in [2.24, 2.45) is 29.6 Å². The molecule has 0 heteroatoms. The van der Waals surface area contributed by atoms with Crippen molar-refractivity contribution < 1.29 is 0 Å². The van der Waals surface area contributed by atoms with Crippen LogP contribution in [0.1, 0.15) is 78.6 Å². The molecule has 0 spiro atoms. The van der Waals surface area contributed by atoms with Gasteiger partial charge in [-0.1, -0.05) is 57.1 Å². The molecule has 0 aliphatic heterocycles. The minimum Gasteiger partial charge on any atom is -0.0802 e. The van der Waals surface area contributed by atoms with E-state index in [1.807, 2.05) is 0 Å². The number of allylic oxidation sites excluding steroid dienone is 6. The molecule has 0 amide bonds. The Morgan fingerprint density at radius 2 is 1.96 bits per heavy atom. The van der Waals surface area contributed by atoms with Gasteiger partial charge in [0.1, 0.15) is 0 Å². The Labute approximate surface area is 144 Å². The van der Waals surface area contributed by atoms with Crippen LogP contribution in [0.2, 0.25) is 0 Å². The van der Waals surface area contributed by atoms with Gasteiger partial charge < -0.3 is 0 Å². The molecule has 0 saturated heterocycles. The Morgan fingerprint density at radius 3 is 2.70 bits per heavy atom. The van der Waals surface area contributed by atoms with Crippen LogP contribution in [0, 0.1) is 29.6 Å². The number of rotatable bonds is 7. The lowest BCUT2D eigenvalue weighted by molar-refractivity contribution is 0.326. The second kappa shape index (κ2) is 7.86. The van der Waals surface area contributed by atoms with Crippen LogP contribution >= 0.6 is 0 Å². The average molecular weight is 313 g/mol. The molecule has 128 valence electrons. The Morgan fingerprint density at radius 1 is 1.09 bits per heavy atom. The van der Waals surface area contributed by atoms with E-state index in [1.54, 1.807) is 17.6 Å². The van der Waals surface area contributed by atoms with Crippen LogP contribution in [0.4, 0.5) is 0 Å². The van der Waals surface area contributed by atoms with Gasteiger partial charge in [0.2, 0.25) is 0 Å². The van der Waals surface area contributed by atoms with Gasteiger partial charge in [0.25, 0.3) is 0 Å². The van der Waals surface area contributed by atoms with E-state index in [4.69, 9.17) is 0 Å². The van der Waals surface area contributed by atoms with Crippen molar-refractivity contribution in [3.8, 4) is 0 Å². The molecule has 0 radical (unpaired) electrons. The Bertz CT molecular complexity index is 476. The highest BCUT2D eigenvalue weighted by Crippen LogP contribution is 2.52. The van der Waals surface area contributed by atoms with E-state index in [-0.39, 0.29) is 0 Å². The maximum atomic E-state index is 2.46. The van der Waals surface area contributed by atoms with Crippen LogP contribution < -0.4 is 0 Å². The fourth-order valence-electron chi connectivity index (χ4n) is 4.88. The fourth-order valence-corrected chi connectivity index (χ4v) is 4.88. The molecule has 3 rings (SSSR count). The topological polar surface area (TPSA) is 0 Å². The maximum Gasteiger partial charge on any atom is -0.0130 e. The molecule has 0 N–H and O–H groups in total. The SMILES string of the molecule is CCC(CC(C)C)C1=CC=C(CCC2CCC3CC3C2)C=CC1. The lowest BCUT2D eigenvalue weighted by atomic mass is 9.85. The summed E-state index contributed by atoms with van der Waals surface area (Å²) in [5.74, 6) is 4.86. The van der Waals surface area contributed by atoms with E-state index in [9.17, 15) is 0 Å². The normalized spacial score (nSPS) is 31.2. The molecule has 3 aliphatic carbocycles. The molecule has 23 heavy (non-hydrogen) atoms. The molecule has 0 nitrogen and oxygen atoms in total. The first kappa shape index (κ1) is 17.1. The zero-order valence-corrected chi connectivity index (χ0v) is 15.6. The molecule has 2 saturated carbocycles. The standard InChI is InChI=1S/C23H36/c1-4-20(14-17(2)3)21-7-5-6-18(10-12-21)8-9-19-11-13-22-16-23(22)15-19/h5-6,10,12,17,19-20,22-23H,4,7-9,11,13-16H2,1-3H3. The Kier molecular flexibility index (Phi) is 5.83. The van der Waals surface area contributed by atoms with Crippen molar-refractivity contribution in [2.45, 2.75) is 78.6 Å². The third-order valence-corrected chi connectivity index (χ3v) is 6.46. The average Bonchev–Trinajstić information content (AvgIpc) is 3.33. The second-order valence-electron chi connectivity index (χ2n) is 8.80. The molecule has 0 aromatic rings. The molecule has 4 atom stereocenters. The van der Waals surface area contributed by atoms with Crippen molar-refractivity contribution in [1.29, 1.82) is 0 Å². The molecule has 0 aromatic heterocycles. The van der Waals surface area contributed by atoms with Crippen LogP contribution in [0.25, 0.3) is 0 Å². The summed E-state index contributed by atoms with van der Waals surface area (Å²) in [6.07, 6.45) is 22.4. The van der Waals surface area contributed by atoms with Crippen LogP contribution in [0.5, 0.6) is 0 Å². The van der Waals surface area contributed by atoms with Gasteiger partial charge in [-0.05, 0) is 86.5 Å². The van der Waals surface area contributed by atoms with E-state index in [0.29, 0.717) is 0 Å². The van der Waals surface area contributed by atoms with Gasteiger partial charge in [-0.15, -0.1) is 0 Å². The van der Waals surface area contributed by atoms with Crippen molar-refractivity contribution in [3.63, 3.8) is 0 Å². The summed E-state index contributed by atoms with van der Waals surface area (Å²) in [7, 11) is 0. The van der Waals surface area contributed by atoms with Gasteiger partial charge in [-0.2, -0.15) is 0 Å². The summed E-state index contributed by atoms with van der Waals surface area (Å²) >= 11 is 0. The first-order chi connectivity index (χ1) is 11.2. The summed E-state index contributed by atoms with van der Waals surface area (Å²) in [6.45, 7) is 7.05. The van der Waals surface area contributed by atoms with Gasteiger partial charge >= 0.3 is 0 Å². The monoisotopic (exact) mass is 312 g/mol. The summed E-state index contributed by atoms with van der Waals surface area (Å²) in [6, 6.07) is 0. The molecule has 2 fully saturated rings. The zero-order valence-electron chi connectivity index (χ0n) is 15.6. The Hall–Kier alpha value is -0.780. The van der Waals surface area contributed by atoms with Crippen LogP contribution in [0.3, 0.4) is 0 Å². The molecule has 0 aromatic carbocycles. The van der Waals surface area contributed by atoms with Crippen LogP contribution in [-0.2, 0) is 0 Å². The summed E-state index contributed by atoms with van der Waals surface area (Å²) in [5, 5.41) is 0. The smallest absolute Gasteiger partial charge is 0.0130 e. The molecular weight excluding hydrogens is 276 g/mol. The van der Waals surface area contributed by atoms with E-state index in [0.717, 1.165) is 29.6 Å². The fraction of sp³-hybridized carbons (Fsp3) is 0.739. The predicted octanol–water partition coefficient (Wildman–Crippen LogP) is 7.09. The van der Waals surface area contributed by atoms with E-state index in [2.05, 4.69) is 45.1 Å². The van der Waals surface area contributed by atoms with Gasteiger partial charge in [-0.3, -0.25) is 0 Å². The first-order valence-electron chi connectivity index (χ1n) is 10.2. The highest BCUT2D eigenvalue weighted by molar-refractivity contribution is 5.32. The molecule has 4 unspecified atom stereocenters. The van der Waals surface area contributed by atoms with Gasteiger partial charge in [0, 0.05) is 0 Å². The zero-order chi connectivity index (χ0) is 16.2. The number of fused-ring (bicyclic) bond motifs is 1. The van der Waals surface area contributed by atoms with Crippen molar-refractivity contribution in [1.82, 2.24) is 0 Å². The van der Waals surface area contributed by atoms with E-state index >= 15 is 0 Å². The number of hydrogen-bond acceptors (Lipinski definition) is 0. The quantitative estimate of drug-likeness (QED) is 0.471. The maximum absolute atomic E-state index is 2.46. The number of hydrogen-bond donors (Lipinski definition) is 0. The first-order valence-corrected chi connectivity index (χ1v) is 10.2. The third-order valence-electron chi connectivity index (χ3n) is 6.46. The summed E-state index contributed by atoms with van der Waals surface area (Å²) < 4.78 is 0. The van der Waals surface area contributed by atoms with Crippen molar-refractivity contribution in [2.75, 3.05) is 0 Å². The molecular formula is C23H36. The lowest BCUT2D eigenvalue weighted by Crippen LogP contribution is -2.08. The highest BCUT2D eigenvalue weighted by atomic mass is 14.5. The summed E-state index contributed by atoms with van der Waals surface area (Å²) in [5.41, 5.74) is 3.23. The molecule has 0 bridgehead atoms. The van der Waals surface area contributed by atoms with Gasteiger partial charge in [0.15, 0.2) is 0 Å². The van der Waals surface area contributed by atoms with E-state index < -0.39 is 0 Å². The van der Waals surface area contributed by atoms with Crippen molar-refractivity contribution >= 4 is 0 Å².